The van der Waals surface area contributed by atoms with E-state index in [-0.39, 0.29) is 11.6 Å². The molecular formula is C9H6N4O. The minimum absolute atomic E-state index is 0.0683. The molecule has 1 aliphatic heterocycles. The molecular weight excluding hydrogens is 180 g/mol. The van der Waals surface area contributed by atoms with Gasteiger partial charge in [0, 0.05) is 0 Å². The van der Waals surface area contributed by atoms with Gasteiger partial charge in [-0.3, -0.25) is 10.8 Å². The molecule has 0 unspecified atom stereocenters. The number of nitrogens with one attached hydrogen (secondary N) is 2. The van der Waals surface area contributed by atoms with E-state index in [0.29, 0.717) is 11.4 Å². The third kappa shape index (κ3) is 1.29. The van der Waals surface area contributed by atoms with Crippen LogP contribution >= 0.6 is 0 Å². The maximum Gasteiger partial charge on any atom is 0.251 e. The van der Waals surface area contributed by atoms with E-state index in [4.69, 9.17) is 15.4 Å². The van der Waals surface area contributed by atoms with Gasteiger partial charge in [-0.15, -0.1) is 0 Å². The summed E-state index contributed by atoms with van der Waals surface area (Å²) in [5, 5.41) is 19.7. The molecule has 1 aliphatic rings. The van der Waals surface area contributed by atoms with Gasteiger partial charge in [-0.25, -0.2) is 0 Å². The van der Waals surface area contributed by atoms with E-state index in [1.165, 1.54) is 0 Å². The highest BCUT2D eigenvalue weighted by molar-refractivity contribution is 6.45. The normalized spacial score (nSPS) is 13.9. The van der Waals surface area contributed by atoms with Crippen LogP contribution in [0.1, 0.15) is 0 Å². The Kier molecular flexibility index (Phi) is 1.88. The lowest BCUT2D eigenvalue weighted by Crippen LogP contribution is -2.16. The number of ether oxygens (including phenoxy) is 1. The van der Waals surface area contributed by atoms with Crippen LogP contribution in [0.15, 0.2) is 29.4 Å². The lowest BCUT2D eigenvalue weighted by atomic mass is 10.3. The van der Waals surface area contributed by atoms with Crippen molar-refractivity contribution in [3.63, 3.8) is 0 Å². The summed E-state index contributed by atoms with van der Waals surface area (Å²) in [6.45, 7) is 0. The van der Waals surface area contributed by atoms with E-state index in [2.05, 4.69) is 10.5 Å². The SMILES string of the molecule is N#CC1=NNc2ccccc2OC1=N. The molecule has 14 heavy (non-hydrogen) atoms. The molecule has 0 saturated carbocycles. The van der Waals surface area contributed by atoms with Crippen LogP contribution in [0, 0.1) is 16.7 Å². The molecule has 2 N–H and O–H groups in total. The summed E-state index contributed by atoms with van der Waals surface area (Å²) >= 11 is 0. The minimum Gasteiger partial charge on any atom is -0.435 e. The Labute approximate surface area is 80.1 Å². The van der Waals surface area contributed by atoms with Crippen molar-refractivity contribution in [3.8, 4) is 11.8 Å². The molecule has 0 bridgehead atoms. The number of para-hydroxylation sites is 2. The quantitative estimate of drug-likeness (QED) is 0.641. The van der Waals surface area contributed by atoms with Crippen molar-refractivity contribution in [2.45, 2.75) is 0 Å². The molecule has 0 saturated heterocycles. The van der Waals surface area contributed by atoms with Gasteiger partial charge in [0.1, 0.15) is 6.07 Å². The van der Waals surface area contributed by atoms with Gasteiger partial charge in [-0.1, -0.05) is 12.1 Å². The summed E-state index contributed by atoms with van der Waals surface area (Å²) in [5.41, 5.74) is 3.23. The van der Waals surface area contributed by atoms with E-state index < -0.39 is 0 Å². The predicted octanol–water partition coefficient (Wildman–Crippen LogP) is 1.35. The van der Waals surface area contributed by atoms with Crippen LogP contribution in [0.4, 0.5) is 5.69 Å². The lowest BCUT2D eigenvalue weighted by Gasteiger charge is -2.04. The van der Waals surface area contributed by atoms with Crippen LogP contribution in [0.3, 0.4) is 0 Å². The van der Waals surface area contributed by atoms with Crippen molar-refractivity contribution >= 4 is 17.3 Å². The Morgan fingerprint density at radius 3 is 3.00 bits per heavy atom. The highest BCUT2D eigenvalue weighted by atomic mass is 16.5. The first kappa shape index (κ1) is 8.26. The van der Waals surface area contributed by atoms with Gasteiger partial charge < -0.3 is 4.74 Å². The number of hydrogen-bond donors (Lipinski definition) is 2. The monoisotopic (exact) mass is 186 g/mol. The number of anilines is 1. The largest absolute Gasteiger partial charge is 0.435 e. The first-order valence-electron chi connectivity index (χ1n) is 3.91. The zero-order valence-electron chi connectivity index (χ0n) is 7.11. The standard InChI is InChI=1S/C9H6N4O/c10-5-7-9(11)14-8-4-2-1-3-6(8)12-13-7/h1-4,11-12H. The number of benzene rings is 1. The molecule has 0 amide bonds. The molecule has 68 valence electrons. The van der Waals surface area contributed by atoms with Crippen LogP contribution < -0.4 is 10.2 Å². The van der Waals surface area contributed by atoms with E-state index >= 15 is 0 Å². The van der Waals surface area contributed by atoms with E-state index in [9.17, 15) is 0 Å². The summed E-state index contributed by atoms with van der Waals surface area (Å²) in [5.74, 6) is 0.247. The van der Waals surface area contributed by atoms with Crippen LogP contribution in [0.25, 0.3) is 0 Å². The van der Waals surface area contributed by atoms with Gasteiger partial charge in [0.05, 0.1) is 5.69 Å². The molecule has 5 nitrogen and oxygen atoms in total. The van der Waals surface area contributed by atoms with Crippen molar-refractivity contribution < 1.29 is 4.74 Å². The van der Waals surface area contributed by atoms with Gasteiger partial charge >= 0.3 is 0 Å². The molecule has 1 heterocycles. The van der Waals surface area contributed by atoms with Crippen LogP contribution in [0.5, 0.6) is 5.75 Å². The smallest absolute Gasteiger partial charge is 0.251 e. The summed E-state index contributed by atoms with van der Waals surface area (Å²) in [6.07, 6.45) is 0. The second-order valence-electron chi connectivity index (χ2n) is 2.61. The highest BCUT2D eigenvalue weighted by Gasteiger charge is 2.15. The van der Waals surface area contributed by atoms with Crippen LogP contribution in [0.2, 0.25) is 0 Å². The number of nitrogens with zero attached hydrogens (tertiary/aromatic N) is 2. The Morgan fingerprint density at radius 2 is 2.21 bits per heavy atom. The summed E-state index contributed by atoms with van der Waals surface area (Å²) in [7, 11) is 0. The topological polar surface area (TPSA) is 81.3 Å². The van der Waals surface area contributed by atoms with Crippen LogP contribution in [-0.2, 0) is 0 Å². The van der Waals surface area contributed by atoms with Gasteiger partial charge in [0.15, 0.2) is 5.75 Å². The fourth-order valence-corrected chi connectivity index (χ4v) is 1.05. The lowest BCUT2D eigenvalue weighted by molar-refractivity contribution is 0.560. The average molecular weight is 186 g/mol. The molecule has 0 fully saturated rings. The third-order valence-electron chi connectivity index (χ3n) is 1.71. The Bertz CT molecular complexity index is 458. The van der Waals surface area contributed by atoms with Crippen molar-refractivity contribution in [2.75, 3.05) is 5.43 Å². The second kappa shape index (κ2) is 3.18. The maximum atomic E-state index is 8.62. The second-order valence-corrected chi connectivity index (χ2v) is 2.61. The van der Waals surface area contributed by atoms with Gasteiger partial charge in [-0.05, 0) is 12.1 Å². The first-order valence-corrected chi connectivity index (χ1v) is 3.91. The average Bonchev–Trinajstić information content (AvgIpc) is 2.36. The molecule has 0 atom stereocenters. The summed E-state index contributed by atoms with van der Waals surface area (Å²) < 4.78 is 5.13. The van der Waals surface area contributed by atoms with Crippen molar-refractivity contribution in [2.24, 2.45) is 5.10 Å². The minimum atomic E-state index is -0.245. The predicted molar refractivity (Wildman–Crippen MR) is 51.5 cm³/mol. The molecule has 5 heteroatoms. The summed E-state index contributed by atoms with van der Waals surface area (Å²) in [4.78, 5) is 0. The van der Waals surface area contributed by atoms with E-state index in [0.717, 1.165) is 0 Å². The number of hydrazone groups is 1. The zero-order chi connectivity index (χ0) is 9.97. The van der Waals surface area contributed by atoms with Crippen LogP contribution in [-0.4, -0.2) is 11.6 Å². The Hall–Kier alpha value is -2.35. The number of hydrogen-bond acceptors (Lipinski definition) is 5. The van der Waals surface area contributed by atoms with Gasteiger partial charge in [0.2, 0.25) is 5.71 Å². The molecule has 0 aromatic heterocycles. The number of nitriles is 1. The van der Waals surface area contributed by atoms with Gasteiger partial charge in [0.25, 0.3) is 5.90 Å². The highest BCUT2D eigenvalue weighted by Crippen LogP contribution is 2.25. The molecule has 2 rings (SSSR count). The fourth-order valence-electron chi connectivity index (χ4n) is 1.05. The van der Waals surface area contributed by atoms with Crippen molar-refractivity contribution in [3.05, 3.63) is 24.3 Å². The molecule has 0 radical (unpaired) electrons. The zero-order valence-corrected chi connectivity index (χ0v) is 7.11. The number of fused-ring (bicyclic) bond motifs is 1. The van der Waals surface area contributed by atoms with E-state index in [1.54, 1.807) is 24.3 Å². The molecule has 1 aromatic carbocycles. The summed E-state index contributed by atoms with van der Waals surface area (Å²) in [6, 6.07) is 8.82. The number of rotatable bonds is 0. The fraction of sp³-hybridized carbons (Fsp3) is 0. The molecule has 1 aromatic rings. The third-order valence-corrected chi connectivity index (χ3v) is 1.71. The Balaban J connectivity index is 2.44. The first-order chi connectivity index (χ1) is 6.81. The molecule has 0 spiro atoms. The van der Waals surface area contributed by atoms with Gasteiger partial charge in [-0.2, -0.15) is 10.4 Å². The molecule has 0 aliphatic carbocycles. The van der Waals surface area contributed by atoms with Crippen molar-refractivity contribution in [1.82, 2.24) is 0 Å². The van der Waals surface area contributed by atoms with Crippen molar-refractivity contribution in [1.29, 1.82) is 10.7 Å². The Morgan fingerprint density at radius 1 is 1.43 bits per heavy atom. The maximum absolute atomic E-state index is 8.62. The van der Waals surface area contributed by atoms with E-state index in [1.807, 2.05) is 6.07 Å².